The Morgan fingerprint density at radius 2 is 1.06 bits per heavy atom. The number of phosphoric acid groups is 1. The Kier molecular flexibility index (Phi) is 33.6. The minimum Gasteiger partial charge on any atom is -0.480 e. The van der Waals surface area contributed by atoms with E-state index in [0.29, 0.717) is 19.3 Å². The van der Waals surface area contributed by atoms with E-state index in [1.54, 1.807) is 0 Å². The average Bonchev–Trinajstić information content (AvgIpc) is 3.10. The molecule has 0 rings (SSSR count). The number of esters is 2. The number of allylic oxidation sites excluding steroid dienone is 4. The maximum absolute atomic E-state index is 12.5. The summed E-state index contributed by atoms with van der Waals surface area (Å²) in [5, 5.41) is 8.85. The van der Waals surface area contributed by atoms with Gasteiger partial charge in [-0.1, -0.05) is 147 Å². The molecule has 0 aliphatic heterocycles. The van der Waals surface area contributed by atoms with Gasteiger partial charge < -0.3 is 25.2 Å². The van der Waals surface area contributed by atoms with Crippen LogP contribution in [0.1, 0.15) is 174 Å². The molecule has 0 aromatic rings. The van der Waals surface area contributed by atoms with E-state index < -0.39 is 51.1 Å². The first-order valence-electron chi connectivity index (χ1n) is 19.9. The SMILES string of the molecule is CCCCCCCCCCC/C=C/C/C=C/CCCC(=O)OC[C@@H](COP(=O)(O)OC[C@@H](N)C(=O)O)OC(=O)CCCCCCCCCCCC. The van der Waals surface area contributed by atoms with Gasteiger partial charge in [-0.25, -0.2) is 4.57 Å². The quantitative estimate of drug-likeness (QED) is 0.0239. The lowest BCUT2D eigenvalue weighted by molar-refractivity contribution is -0.161. The second-order valence-electron chi connectivity index (χ2n) is 13.4. The smallest absolute Gasteiger partial charge is 0.472 e. The fraction of sp³-hybridized carbons (Fsp3) is 0.821. The van der Waals surface area contributed by atoms with Gasteiger partial charge in [0.15, 0.2) is 6.10 Å². The summed E-state index contributed by atoms with van der Waals surface area (Å²) in [4.78, 5) is 45.7. The van der Waals surface area contributed by atoms with Gasteiger partial charge in [0.05, 0.1) is 13.2 Å². The fourth-order valence-corrected chi connectivity index (χ4v) is 6.06. The van der Waals surface area contributed by atoms with Gasteiger partial charge in [0.25, 0.3) is 0 Å². The van der Waals surface area contributed by atoms with E-state index in [9.17, 15) is 23.8 Å². The Balaban J connectivity index is 4.43. The fourth-order valence-electron chi connectivity index (χ4n) is 5.28. The van der Waals surface area contributed by atoms with Crippen LogP contribution >= 0.6 is 7.82 Å². The third kappa shape index (κ3) is 34.8. The number of carboxylic acid groups (broad SMARTS) is 1. The van der Waals surface area contributed by atoms with Gasteiger partial charge in [-0.2, -0.15) is 0 Å². The van der Waals surface area contributed by atoms with Crippen molar-refractivity contribution < 1.29 is 47.5 Å². The lowest BCUT2D eigenvalue weighted by Crippen LogP contribution is -2.34. The molecule has 0 aromatic carbocycles. The number of aliphatic carboxylic acids is 1. The molecule has 3 atom stereocenters. The van der Waals surface area contributed by atoms with Crippen LogP contribution in [0.25, 0.3) is 0 Å². The van der Waals surface area contributed by atoms with Crippen LogP contribution in [0.4, 0.5) is 0 Å². The molecule has 11 nitrogen and oxygen atoms in total. The first-order valence-corrected chi connectivity index (χ1v) is 21.4. The Bertz CT molecular complexity index is 974. The number of hydrogen-bond acceptors (Lipinski definition) is 9. The van der Waals surface area contributed by atoms with Crippen molar-refractivity contribution in [2.75, 3.05) is 19.8 Å². The Hall–Kier alpha value is -2.04. The highest BCUT2D eigenvalue weighted by molar-refractivity contribution is 7.47. The molecule has 0 saturated heterocycles. The monoisotopic (exact) mass is 745 g/mol. The molecule has 0 aliphatic rings. The zero-order chi connectivity index (χ0) is 37.8. The molecule has 0 saturated carbocycles. The van der Waals surface area contributed by atoms with E-state index in [0.717, 1.165) is 32.1 Å². The zero-order valence-corrected chi connectivity index (χ0v) is 32.8. The van der Waals surface area contributed by atoms with Gasteiger partial charge in [0.1, 0.15) is 12.6 Å². The maximum Gasteiger partial charge on any atom is 0.472 e. The number of carboxylic acids is 1. The van der Waals surface area contributed by atoms with Crippen LogP contribution in [-0.2, 0) is 37.5 Å². The molecule has 12 heteroatoms. The number of carbonyl (C=O) groups excluding carboxylic acids is 2. The summed E-state index contributed by atoms with van der Waals surface area (Å²) < 4.78 is 32.5. The van der Waals surface area contributed by atoms with Crippen molar-refractivity contribution in [3.05, 3.63) is 24.3 Å². The molecule has 0 amide bonds. The highest BCUT2D eigenvalue weighted by atomic mass is 31.2. The van der Waals surface area contributed by atoms with E-state index in [4.69, 9.17) is 24.8 Å². The maximum atomic E-state index is 12.5. The molecule has 0 bridgehead atoms. The van der Waals surface area contributed by atoms with E-state index in [-0.39, 0.29) is 19.4 Å². The predicted molar refractivity (Wildman–Crippen MR) is 203 cm³/mol. The lowest BCUT2D eigenvalue weighted by Gasteiger charge is -2.20. The van der Waals surface area contributed by atoms with Crippen LogP contribution in [-0.4, -0.2) is 59.9 Å². The van der Waals surface area contributed by atoms with Crippen LogP contribution in [0.5, 0.6) is 0 Å². The van der Waals surface area contributed by atoms with E-state index in [1.165, 1.54) is 96.3 Å². The van der Waals surface area contributed by atoms with Crippen LogP contribution in [0.3, 0.4) is 0 Å². The van der Waals surface area contributed by atoms with E-state index in [2.05, 4.69) is 36.6 Å². The van der Waals surface area contributed by atoms with Crippen molar-refractivity contribution in [3.63, 3.8) is 0 Å². The second-order valence-corrected chi connectivity index (χ2v) is 14.9. The molecule has 0 heterocycles. The Labute approximate surface area is 309 Å². The third-order valence-electron chi connectivity index (χ3n) is 8.45. The summed E-state index contributed by atoms with van der Waals surface area (Å²) in [5.41, 5.74) is 5.31. The molecule has 1 unspecified atom stereocenters. The lowest BCUT2D eigenvalue weighted by atomic mass is 10.1. The van der Waals surface area contributed by atoms with Gasteiger partial charge >= 0.3 is 25.7 Å². The van der Waals surface area contributed by atoms with Crippen molar-refractivity contribution in [2.24, 2.45) is 5.73 Å². The Morgan fingerprint density at radius 3 is 1.59 bits per heavy atom. The minimum atomic E-state index is -4.71. The Morgan fingerprint density at radius 1 is 0.608 bits per heavy atom. The molecule has 0 radical (unpaired) electrons. The standard InChI is InChI=1S/C39H72NO10P/c1-3-5-7-9-11-13-15-16-17-18-19-20-21-23-24-26-28-30-37(41)47-32-35(33-48-51(45,46)49-34-36(40)39(43)44)50-38(42)31-29-27-25-22-14-12-10-8-6-4-2/h19-20,23-24,35-36H,3-18,21-22,25-34,40H2,1-2H3,(H,43,44)(H,45,46)/b20-19+,24-23+/t35-,36+/m0/s1. The minimum absolute atomic E-state index is 0.155. The summed E-state index contributed by atoms with van der Waals surface area (Å²) >= 11 is 0. The van der Waals surface area contributed by atoms with Crippen molar-refractivity contribution in [1.29, 1.82) is 0 Å². The summed E-state index contributed by atoms with van der Waals surface area (Å²) in [5.74, 6) is -2.43. The van der Waals surface area contributed by atoms with Crippen molar-refractivity contribution in [1.82, 2.24) is 0 Å². The highest BCUT2D eigenvalue weighted by Gasteiger charge is 2.28. The molecule has 0 fully saturated rings. The summed E-state index contributed by atoms with van der Waals surface area (Å²) in [6.07, 6.45) is 34.1. The molecular formula is C39H72NO10P. The first-order chi connectivity index (χ1) is 24.6. The van der Waals surface area contributed by atoms with E-state index in [1.807, 2.05) is 6.08 Å². The van der Waals surface area contributed by atoms with Gasteiger partial charge in [0, 0.05) is 12.8 Å². The van der Waals surface area contributed by atoms with Crippen molar-refractivity contribution in [2.45, 2.75) is 187 Å². The largest absolute Gasteiger partial charge is 0.480 e. The molecule has 0 aromatic heterocycles. The van der Waals surface area contributed by atoms with Gasteiger partial charge in [-0.05, 0) is 38.5 Å². The summed E-state index contributed by atoms with van der Waals surface area (Å²) in [7, 11) is -4.71. The van der Waals surface area contributed by atoms with Crippen LogP contribution in [0.15, 0.2) is 24.3 Å². The molecule has 0 aliphatic carbocycles. The van der Waals surface area contributed by atoms with Crippen LogP contribution < -0.4 is 5.73 Å². The first kappa shape index (κ1) is 49.0. The van der Waals surface area contributed by atoms with Gasteiger partial charge in [-0.15, -0.1) is 0 Å². The average molecular weight is 746 g/mol. The number of unbranched alkanes of at least 4 members (excludes halogenated alkanes) is 19. The third-order valence-corrected chi connectivity index (χ3v) is 9.40. The normalized spacial score (nSPS) is 14.1. The van der Waals surface area contributed by atoms with Crippen molar-refractivity contribution >= 4 is 25.7 Å². The number of phosphoric ester groups is 1. The van der Waals surface area contributed by atoms with Crippen LogP contribution in [0, 0.1) is 0 Å². The summed E-state index contributed by atoms with van der Waals surface area (Å²) in [6, 6.07) is -1.52. The molecular weight excluding hydrogens is 673 g/mol. The number of carbonyl (C=O) groups is 3. The molecule has 4 N–H and O–H groups in total. The van der Waals surface area contributed by atoms with Gasteiger partial charge in [-0.3, -0.25) is 23.4 Å². The highest BCUT2D eigenvalue weighted by Crippen LogP contribution is 2.43. The zero-order valence-electron chi connectivity index (χ0n) is 31.9. The molecule has 51 heavy (non-hydrogen) atoms. The van der Waals surface area contributed by atoms with E-state index >= 15 is 0 Å². The topological polar surface area (TPSA) is 172 Å². The second kappa shape index (κ2) is 35.0. The molecule has 0 spiro atoms. The van der Waals surface area contributed by atoms with Crippen molar-refractivity contribution in [3.8, 4) is 0 Å². The number of ether oxygens (including phenoxy) is 2. The summed E-state index contributed by atoms with van der Waals surface area (Å²) in [6.45, 7) is 2.73. The van der Waals surface area contributed by atoms with Gasteiger partial charge in [0.2, 0.25) is 0 Å². The predicted octanol–water partition coefficient (Wildman–Crippen LogP) is 9.89. The number of hydrogen-bond donors (Lipinski definition) is 3. The number of nitrogens with two attached hydrogens (primary N) is 1. The number of rotatable bonds is 37. The van der Waals surface area contributed by atoms with Crippen LogP contribution in [0.2, 0.25) is 0 Å². The molecule has 298 valence electrons.